The molecule has 1 aromatic heterocycles. The van der Waals surface area contributed by atoms with Gasteiger partial charge in [0.15, 0.2) is 0 Å². The highest BCUT2D eigenvalue weighted by molar-refractivity contribution is 7.89. The van der Waals surface area contributed by atoms with Gasteiger partial charge in [-0.15, -0.1) is 0 Å². The number of nitrogens with one attached hydrogen (secondary N) is 1. The Balaban J connectivity index is 1.63. The molecule has 0 radical (unpaired) electrons. The van der Waals surface area contributed by atoms with E-state index in [1.165, 1.54) is 0 Å². The van der Waals surface area contributed by atoms with Crippen molar-refractivity contribution in [2.75, 3.05) is 39.3 Å². The minimum absolute atomic E-state index is 0.321. The molecule has 8 heteroatoms. The highest BCUT2D eigenvalue weighted by atomic mass is 32.2. The molecule has 1 atom stereocenters. The summed E-state index contributed by atoms with van der Waals surface area (Å²) >= 11 is 0. The van der Waals surface area contributed by atoms with Crippen LogP contribution in [0.1, 0.15) is 24.2 Å². The molecule has 0 saturated carbocycles. The summed E-state index contributed by atoms with van der Waals surface area (Å²) < 4.78 is 32.8. The monoisotopic (exact) mass is 328 g/mol. The molecular weight excluding hydrogens is 304 g/mol. The second kappa shape index (κ2) is 6.27. The first-order chi connectivity index (χ1) is 10.5. The molecule has 1 aromatic rings. The van der Waals surface area contributed by atoms with Crippen molar-refractivity contribution < 1.29 is 13.2 Å². The maximum Gasteiger partial charge on any atom is 0.246 e. The first kappa shape index (κ1) is 15.9. The molecule has 1 unspecified atom stereocenters. The number of aromatic amines is 1. The first-order valence-electron chi connectivity index (χ1n) is 7.84. The summed E-state index contributed by atoms with van der Waals surface area (Å²) in [5.41, 5.74) is 1.15. The van der Waals surface area contributed by atoms with E-state index in [1.807, 2.05) is 0 Å². The highest BCUT2D eigenvalue weighted by Crippen LogP contribution is 2.23. The van der Waals surface area contributed by atoms with Crippen molar-refractivity contribution in [1.29, 1.82) is 0 Å². The molecule has 1 N–H and O–H groups in total. The van der Waals surface area contributed by atoms with Crippen molar-refractivity contribution in [3.63, 3.8) is 0 Å². The number of aryl methyl sites for hydroxylation is 2. The van der Waals surface area contributed by atoms with Crippen molar-refractivity contribution in [2.45, 2.75) is 37.7 Å². The third-order valence-corrected chi connectivity index (χ3v) is 6.64. The fourth-order valence-electron chi connectivity index (χ4n) is 3.28. The van der Waals surface area contributed by atoms with Crippen LogP contribution < -0.4 is 0 Å². The van der Waals surface area contributed by atoms with Gasteiger partial charge in [-0.05, 0) is 26.7 Å². The van der Waals surface area contributed by atoms with Gasteiger partial charge in [0.1, 0.15) is 4.90 Å². The third kappa shape index (κ3) is 3.05. The van der Waals surface area contributed by atoms with E-state index in [2.05, 4.69) is 15.1 Å². The average Bonchev–Trinajstić information content (AvgIpc) is 3.10. The second-order valence-corrected chi connectivity index (χ2v) is 7.98. The fraction of sp³-hybridized carbons (Fsp3) is 0.786. The van der Waals surface area contributed by atoms with Gasteiger partial charge in [-0.2, -0.15) is 9.40 Å². The van der Waals surface area contributed by atoms with E-state index in [0.29, 0.717) is 35.5 Å². The van der Waals surface area contributed by atoms with Gasteiger partial charge in [-0.25, -0.2) is 8.42 Å². The number of H-pyrrole nitrogens is 1. The Labute approximate surface area is 131 Å². The molecule has 7 nitrogen and oxygen atoms in total. The number of hydrogen-bond acceptors (Lipinski definition) is 5. The topological polar surface area (TPSA) is 78.5 Å². The lowest BCUT2D eigenvalue weighted by molar-refractivity contribution is 0.0617. The molecule has 2 aliphatic heterocycles. The normalized spacial score (nSPS) is 24.9. The molecule has 2 aliphatic rings. The summed E-state index contributed by atoms with van der Waals surface area (Å²) in [5.74, 6) is 0. The van der Waals surface area contributed by atoms with Crippen LogP contribution in [-0.2, 0) is 14.8 Å². The van der Waals surface area contributed by atoms with Crippen LogP contribution in [-0.4, -0.2) is 73.3 Å². The summed E-state index contributed by atoms with van der Waals surface area (Å²) in [4.78, 5) is 2.64. The molecule has 2 fully saturated rings. The van der Waals surface area contributed by atoms with Crippen LogP contribution in [0.15, 0.2) is 4.90 Å². The van der Waals surface area contributed by atoms with E-state index >= 15 is 0 Å². The van der Waals surface area contributed by atoms with Crippen LogP contribution in [0.25, 0.3) is 0 Å². The summed E-state index contributed by atoms with van der Waals surface area (Å²) in [6.07, 6.45) is 2.57. The fourth-order valence-corrected chi connectivity index (χ4v) is 5.03. The molecular formula is C14H24N4O3S. The number of ether oxygens (including phenoxy) is 1. The van der Waals surface area contributed by atoms with Crippen molar-refractivity contribution >= 4 is 10.0 Å². The maximum atomic E-state index is 12.8. The van der Waals surface area contributed by atoms with E-state index in [4.69, 9.17) is 4.74 Å². The molecule has 124 valence electrons. The molecule has 22 heavy (non-hydrogen) atoms. The van der Waals surface area contributed by atoms with E-state index in [-0.39, 0.29) is 0 Å². The molecule has 0 spiro atoms. The van der Waals surface area contributed by atoms with Gasteiger partial charge >= 0.3 is 0 Å². The van der Waals surface area contributed by atoms with Gasteiger partial charge in [0.2, 0.25) is 10.0 Å². The zero-order valence-corrected chi connectivity index (χ0v) is 14.0. The quantitative estimate of drug-likeness (QED) is 0.871. The lowest BCUT2D eigenvalue weighted by Crippen LogP contribution is -2.50. The van der Waals surface area contributed by atoms with Gasteiger partial charge in [-0.3, -0.25) is 10.00 Å². The van der Waals surface area contributed by atoms with Crippen LogP contribution in [0.3, 0.4) is 0 Å². The Morgan fingerprint density at radius 3 is 2.55 bits per heavy atom. The van der Waals surface area contributed by atoms with Gasteiger partial charge in [-0.1, -0.05) is 0 Å². The van der Waals surface area contributed by atoms with Crippen LogP contribution >= 0.6 is 0 Å². The number of aromatic nitrogens is 2. The maximum absolute atomic E-state index is 12.8. The molecule has 0 aliphatic carbocycles. The average molecular weight is 328 g/mol. The van der Waals surface area contributed by atoms with Crippen molar-refractivity contribution in [1.82, 2.24) is 19.4 Å². The summed E-state index contributed by atoms with van der Waals surface area (Å²) in [5, 5.41) is 6.76. The van der Waals surface area contributed by atoms with Gasteiger partial charge in [0, 0.05) is 39.3 Å². The number of piperazine rings is 1. The number of nitrogens with zero attached hydrogens (tertiary/aromatic N) is 3. The van der Waals surface area contributed by atoms with Crippen LogP contribution in [0.4, 0.5) is 0 Å². The van der Waals surface area contributed by atoms with Gasteiger partial charge in [0.05, 0.1) is 17.5 Å². The Bertz CT molecular complexity index is 595. The van der Waals surface area contributed by atoms with E-state index < -0.39 is 10.0 Å². The molecule has 3 rings (SSSR count). The largest absolute Gasteiger partial charge is 0.377 e. The number of rotatable bonds is 4. The summed E-state index contributed by atoms with van der Waals surface area (Å²) in [6, 6.07) is 0. The van der Waals surface area contributed by atoms with E-state index in [1.54, 1.807) is 18.2 Å². The molecule has 0 amide bonds. The Hall–Kier alpha value is -0.960. The minimum atomic E-state index is -3.45. The van der Waals surface area contributed by atoms with Crippen LogP contribution in [0.2, 0.25) is 0 Å². The second-order valence-electron chi connectivity index (χ2n) is 6.10. The molecule has 0 aromatic carbocycles. The van der Waals surface area contributed by atoms with Gasteiger partial charge < -0.3 is 4.74 Å². The Morgan fingerprint density at radius 2 is 2.00 bits per heavy atom. The first-order valence-corrected chi connectivity index (χ1v) is 9.28. The van der Waals surface area contributed by atoms with Crippen LogP contribution in [0.5, 0.6) is 0 Å². The van der Waals surface area contributed by atoms with Crippen LogP contribution in [0, 0.1) is 13.8 Å². The standard InChI is InChI=1S/C14H24N4O3S/c1-11-14(12(2)16-15-11)22(19,20)18-7-5-17(6-8-18)10-13-4-3-9-21-13/h13H,3-10H2,1-2H3,(H,15,16). The Kier molecular flexibility index (Phi) is 4.54. The zero-order chi connectivity index (χ0) is 15.7. The minimum Gasteiger partial charge on any atom is -0.377 e. The number of hydrogen-bond donors (Lipinski definition) is 1. The lowest BCUT2D eigenvalue weighted by Gasteiger charge is -2.35. The van der Waals surface area contributed by atoms with E-state index in [0.717, 1.165) is 39.1 Å². The predicted molar refractivity (Wildman–Crippen MR) is 82.2 cm³/mol. The molecule has 0 bridgehead atoms. The van der Waals surface area contributed by atoms with Crippen molar-refractivity contribution in [2.24, 2.45) is 0 Å². The zero-order valence-electron chi connectivity index (χ0n) is 13.2. The summed E-state index contributed by atoms with van der Waals surface area (Å²) in [7, 11) is -3.45. The van der Waals surface area contributed by atoms with Crippen molar-refractivity contribution in [3.8, 4) is 0 Å². The number of sulfonamides is 1. The smallest absolute Gasteiger partial charge is 0.246 e. The third-order valence-electron chi connectivity index (χ3n) is 4.48. The van der Waals surface area contributed by atoms with Gasteiger partial charge in [0.25, 0.3) is 0 Å². The Morgan fingerprint density at radius 1 is 1.27 bits per heavy atom. The van der Waals surface area contributed by atoms with E-state index in [9.17, 15) is 8.42 Å². The molecule has 2 saturated heterocycles. The predicted octanol–water partition coefficient (Wildman–Crippen LogP) is 0.512. The van der Waals surface area contributed by atoms with Crippen molar-refractivity contribution in [3.05, 3.63) is 11.4 Å². The SMILES string of the molecule is Cc1n[nH]c(C)c1S(=O)(=O)N1CCN(CC2CCCO2)CC1. The molecule has 3 heterocycles. The highest BCUT2D eigenvalue weighted by Gasteiger charge is 2.32. The lowest BCUT2D eigenvalue weighted by atomic mass is 10.2. The summed E-state index contributed by atoms with van der Waals surface area (Å²) in [6.45, 7) is 7.82.